The molecule has 0 saturated heterocycles. The molecule has 1 fully saturated rings. The summed E-state index contributed by atoms with van der Waals surface area (Å²) in [6.07, 6.45) is 1.69. The predicted octanol–water partition coefficient (Wildman–Crippen LogP) is 0.0696. The lowest BCUT2D eigenvalue weighted by Gasteiger charge is -2.21. The topological polar surface area (TPSA) is 93.7 Å². The van der Waals surface area contributed by atoms with Gasteiger partial charge in [-0.3, -0.25) is 4.79 Å². The summed E-state index contributed by atoms with van der Waals surface area (Å²) in [5, 5.41) is 4.95. The van der Waals surface area contributed by atoms with Crippen LogP contribution in [-0.2, 0) is 19.1 Å². The third-order valence-electron chi connectivity index (χ3n) is 2.85. The van der Waals surface area contributed by atoms with Crippen LogP contribution in [0.5, 0.6) is 0 Å². The molecule has 2 amide bonds. The first-order valence-electron chi connectivity index (χ1n) is 6.22. The molecule has 1 aliphatic carbocycles. The summed E-state index contributed by atoms with van der Waals surface area (Å²) in [7, 11) is 0. The molecule has 2 rings (SSSR count). The van der Waals surface area contributed by atoms with Crippen LogP contribution < -0.4 is 10.6 Å². The SMILES string of the molecule is CCOC(=O)C1=C(COC(=O)C2CC2)NC(=O)NC1. The van der Waals surface area contributed by atoms with Crippen molar-refractivity contribution in [3.8, 4) is 0 Å². The number of esters is 2. The van der Waals surface area contributed by atoms with E-state index in [1.54, 1.807) is 6.92 Å². The Morgan fingerprint density at radius 2 is 2.05 bits per heavy atom. The second kappa shape index (κ2) is 5.73. The van der Waals surface area contributed by atoms with Crippen LogP contribution in [0.1, 0.15) is 19.8 Å². The molecule has 0 aromatic rings. The monoisotopic (exact) mass is 268 g/mol. The summed E-state index contributed by atoms with van der Waals surface area (Å²) >= 11 is 0. The maximum Gasteiger partial charge on any atom is 0.337 e. The number of ether oxygens (including phenoxy) is 2. The fourth-order valence-corrected chi connectivity index (χ4v) is 1.65. The number of rotatable bonds is 5. The average Bonchev–Trinajstić information content (AvgIpc) is 3.20. The molecule has 104 valence electrons. The molecule has 0 radical (unpaired) electrons. The van der Waals surface area contributed by atoms with Gasteiger partial charge in [-0.2, -0.15) is 0 Å². The van der Waals surface area contributed by atoms with Crippen LogP contribution in [0.3, 0.4) is 0 Å². The van der Waals surface area contributed by atoms with Crippen molar-refractivity contribution in [3.63, 3.8) is 0 Å². The fraction of sp³-hybridized carbons (Fsp3) is 0.583. The van der Waals surface area contributed by atoms with Crippen molar-refractivity contribution in [2.75, 3.05) is 19.8 Å². The van der Waals surface area contributed by atoms with Crippen LogP contribution >= 0.6 is 0 Å². The van der Waals surface area contributed by atoms with Gasteiger partial charge in [-0.05, 0) is 19.8 Å². The number of nitrogens with one attached hydrogen (secondary N) is 2. The van der Waals surface area contributed by atoms with E-state index in [9.17, 15) is 14.4 Å². The van der Waals surface area contributed by atoms with Crippen LogP contribution in [0.4, 0.5) is 4.79 Å². The first-order chi connectivity index (χ1) is 9.11. The highest BCUT2D eigenvalue weighted by molar-refractivity contribution is 5.93. The zero-order chi connectivity index (χ0) is 13.8. The van der Waals surface area contributed by atoms with Gasteiger partial charge in [0.25, 0.3) is 0 Å². The summed E-state index contributed by atoms with van der Waals surface area (Å²) in [5.74, 6) is -0.833. The lowest BCUT2D eigenvalue weighted by atomic mass is 10.2. The minimum absolute atomic E-state index is 0.0240. The molecule has 0 aromatic carbocycles. The lowest BCUT2D eigenvalue weighted by molar-refractivity contribution is -0.145. The van der Waals surface area contributed by atoms with E-state index in [0.29, 0.717) is 0 Å². The molecule has 19 heavy (non-hydrogen) atoms. The molecule has 0 atom stereocenters. The number of urea groups is 1. The Balaban J connectivity index is 2.02. The Bertz CT molecular complexity index is 439. The lowest BCUT2D eigenvalue weighted by Crippen LogP contribution is -2.45. The number of hydrogen-bond donors (Lipinski definition) is 2. The summed E-state index contributed by atoms with van der Waals surface area (Å²) in [5.41, 5.74) is 0.571. The standard InChI is InChI=1S/C12H16N2O5/c1-2-18-11(16)8-5-13-12(17)14-9(8)6-19-10(15)7-3-4-7/h7H,2-6H2,1H3,(H2,13,14,17). The van der Waals surface area contributed by atoms with E-state index in [0.717, 1.165) is 12.8 Å². The van der Waals surface area contributed by atoms with E-state index in [1.165, 1.54) is 0 Å². The molecule has 0 spiro atoms. The van der Waals surface area contributed by atoms with E-state index in [-0.39, 0.29) is 42.9 Å². The minimum atomic E-state index is -0.521. The van der Waals surface area contributed by atoms with Crippen LogP contribution in [0.2, 0.25) is 0 Å². The molecule has 1 aliphatic heterocycles. The number of amides is 2. The highest BCUT2D eigenvalue weighted by Gasteiger charge is 2.32. The Morgan fingerprint density at radius 3 is 2.68 bits per heavy atom. The van der Waals surface area contributed by atoms with E-state index in [4.69, 9.17) is 9.47 Å². The average molecular weight is 268 g/mol. The van der Waals surface area contributed by atoms with Crippen LogP contribution in [0, 0.1) is 5.92 Å². The van der Waals surface area contributed by atoms with Gasteiger partial charge in [-0.15, -0.1) is 0 Å². The molecule has 7 nitrogen and oxygen atoms in total. The number of hydrogen-bond acceptors (Lipinski definition) is 5. The molecule has 0 aromatic heterocycles. The predicted molar refractivity (Wildman–Crippen MR) is 63.9 cm³/mol. The van der Waals surface area contributed by atoms with Gasteiger partial charge < -0.3 is 20.1 Å². The Hall–Kier alpha value is -2.05. The van der Waals surface area contributed by atoms with E-state index < -0.39 is 12.0 Å². The molecule has 0 bridgehead atoms. The van der Waals surface area contributed by atoms with E-state index in [2.05, 4.69) is 10.6 Å². The summed E-state index contributed by atoms with van der Waals surface area (Å²) < 4.78 is 9.95. The van der Waals surface area contributed by atoms with Gasteiger partial charge in [0.2, 0.25) is 0 Å². The van der Waals surface area contributed by atoms with Gasteiger partial charge in [0.05, 0.1) is 30.3 Å². The highest BCUT2D eigenvalue weighted by atomic mass is 16.5. The van der Waals surface area contributed by atoms with Crippen LogP contribution in [0.15, 0.2) is 11.3 Å². The smallest absolute Gasteiger partial charge is 0.337 e. The zero-order valence-corrected chi connectivity index (χ0v) is 10.7. The second-order valence-corrected chi connectivity index (χ2v) is 4.37. The van der Waals surface area contributed by atoms with Gasteiger partial charge in [0, 0.05) is 0 Å². The first kappa shape index (κ1) is 13.4. The maximum atomic E-state index is 11.7. The Kier molecular flexibility index (Phi) is 4.03. The largest absolute Gasteiger partial charge is 0.463 e. The van der Waals surface area contributed by atoms with Crippen molar-refractivity contribution in [2.45, 2.75) is 19.8 Å². The molecule has 2 N–H and O–H groups in total. The molecule has 0 unspecified atom stereocenters. The van der Waals surface area contributed by atoms with Gasteiger partial charge in [0.1, 0.15) is 6.61 Å². The van der Waals surface area contributed by atoms with Crippen molar-refractivity contribution >= 4 is 18.0 Å². The molecular weight excluding hydrogens is 252 g/mol. The van der Waals surface area contributed by atoms with Gasteiger partial charge in [-0.1, -0.05) is 0 Å². The normalized spacial score (nSPS) is 18.5. The molecule has 7 heteroatoms. The minimum Gasteiger partial charge on any atom is -0.463 e. The van der Waals surface area contributed by atoms with Crippen LogP contribution in [0.25, 0.3) is 0 Å². The summed E-state index contributed by atoms with van der Waals surface area (Å²) in [6, 6.07) is -0.425. The second-order valence-electron chi connectivity index (χ2n) is 4.37. The first-order valence-corrected chi connectivity index (χ1v) is 6.22. The molecular formula is C12H16N2O5. The van der Waals surface area contributed by atoms with Gasteiger partial charge in [0.15, 0.2) is 0 Å². The van der Waals surface area contributed by atoms with Gasteiger partial charge in [-0.25, -0.2) is 9.59 Å². The van der Waals surface area contributed by atoms with Crippen molar-refractivity contribution in [1.82, 2.24) is 10.6 Å². The zero-order valence-electron chi connectivity index (χ0n) is 10.7. The van der Waals surface area contributed by atoms with E-state index in [1.807, 2.05) is 0 Å². The van der Waals surface area contributed by atoms with Crippen molar-refractivity contribution in [1.29, 1.82) is 0 Å². The van der Waals surface area contributed by atoms with E-state index >= 15 is 0 Å². The molecule has 1 heterocycles. The third-order valence-corrected chi connectivity index (χ3v) is 2.85. The number of carbonyl (C=O) groups is 3. The van der Waals surface area contributed by atoms with Crippen molar-refractivity contribution in [2.24, 2.45) is 5.92 Å². The summed E-state index contributed by atoms with van der Waals surface area (Å²) in [4.78, 5) is 34.4. The number of carbonyl (C=O) groups excluding carboxylic acids is 3. The van der Waals surface area contributed by atoms with Crippen LogP contribution in [-0.4, -0.2) is 37.7 Å². The Labute approximate surface area is 110 Å². The van der Waals surface area contributed by atoms with Crippen molar-refractivity contribution in [3.05, 3.63) is 11.3 Å². The molecule has 1 saturated carbocycles. The fourth-order valence-electron chi connectivity index (χ4n) is 1.65. The third kappa shape index (κ3) is 3.46. The highest BCUT2D eigenvalue weighted by Crippen LogP contribution is 2.30. The quantitative estimate of drug-likeness (QED) is 0.688. The van der Waals surface area contributed by atoms with Crippen molar-refractivity contribution < 1.29 is 23.9 Å². The molecule has 2 aliphatic rings. The Morgan fingerprint density at radius 1 is 1.32 bits per heavy atom. The maximum absolute atomic E-state index is 11.7. The summed E-state index contributed by atoms with van der Waals surface area (Å²) in [6.45, 7) is 1.89. The van der Waals surface area contributed by atoms with Gasteiger partial charge >= 0.3 is 18.0 Å².